The molecule has 9 nitrogen and oxygen atoms in total. The van der Waals surface area contributed by atoms with Gasteiger partial charge in [-0.3, -0.25) is 9.69 Å². The summed E-state index contributed by atoms with van der Waals surface area (Å²) in [5, 5.41) is 10.7. The summed E-state index contributed by atoms with van der Waals surface area (Å²) in [6.07, 6.45) is 3.66. The molecular formula is C24H25Cl2FN6O3S. The van der Waals surface area contributed by atoms with Crippen LogP contribution in [0.3, 0.4) is 0 Å². The molecule has 0 bridgehead atoms. The van der Waals surface area contributed by atoms with Crippen molar-refractivity contribution in [2.75, 3.05) is 31.5 Å². The topological polar surface area (TPSA) is 122 Å². The van der Waals surface area contributed by atoms with Crippen LogP contribution in [0.15, 0.2) is 53.6 Å². The van der Waals surface area contributed by atoms with Crippen molar-refractivity contribution in [2.45, 2.75) is 23.8 Å². The van der Waals surface area contributed by atoms with Crippen molar-refractivity contribution in [2.24, 2.45) is 5.73 Å². The Hall–Kier alpha value is -2.83. The second-order valence-electron chi connectivity index (χ2n) is 8.76. The van der Waals surface area contributed by atoms with E-state index < -0.39 is 21.7 Å². The zero-order chi connectivity index (χ0) is 25.4. The van der Waals surface area contributed by atoms with Crippen LogP contribution in [-0.4, -0.2) is 65.9 Å². The Balaban J connectivity index is 0.00000320. The lowest BCUT2D eigenvalue weighted by atomic mass is 10.0. The van der Waals surface area contributed by atoms with Crippen LogP contribution in [0.5, 0.6) is 0 Å². The number of nitrogens with two attached hydrogens (primary N) is 1. The molecule has 2 aromatic carbocycles. The first-order chi connectivity index (χ1) is 17.3. The van der Waals surface area contributed by atoms with E-state index in [0.29, 0.717) is 24.8 Å². The Bertz CT molecular complexity index is 1390. The second kappa shape index (κ2) is 10.9. The van der Waals surface area contributed by atoms with E-state index in [-0.39, 0.29) is 44.8 Å². The number of halogens is 3. The number of hydrogen-bond donors (Lipinski definition) is 2. The molecule has 3 aromatic rings. The number of amides is 1. The van der Waals surface area contributed by atoms with Gasteiger partial charge in [-0.05, 0) is 49.2 Å². The summed E-state index contributed by atoms with van der Waals surface area (Å²) in [5.41, 5.74) is 6.05. The fourth-order valence-corrected chi connectivity index (χ4v) is 6.07. The number of hydrogen-bond acceptors (Lipinski definition) is 7. The molecule has 2 heterocycles. The van der Waals surface area contributed by atoms with Crippen molar-refractivity contribution >= 4 is 51.3 Å². The molecule has 2 fully saturated rings. The van der Waals surface area contributed by atoms with Crippen LogP contribution < -0.4 is 11.1 Å². The van der Waals surface area contributed by atoms with Gasteiger partial charge in [-0.1, -0.05) is 17.7 Å². The number of nitrogens with zero attached hydrogens (tertiary/aromatic N) is 4. The molecule has 0 unspecified atom stereocenters. The average Bonchev–Trinajstić information content (AvgIpc) is 3.71. The number of aromatic nitrogens is 2. The normalized spacial score (nSPS) is 16.7. The number of anilines is 2. The Morgan fingerprint density at radius 1 is 1.08 bits per heavy atom. The van der Waals surface area contributed by atoms with Gasteiger partial charge < -0.3 is 11.1 Å². The summed E-state index contributed by atoms with van der Waals surface area (Å²) in [7, 11) is -3.65. The number of sulfonamides is 1. The molecule has 5 rings (SSSR count). The Morgan fingerprint density at radius 3 is 2.35 bits per heavy atom. The maximum absolute atomic E-state index is 14.7. The van der Waals surface area contributed by atoms with Crippen molar-refractivity contribution in [1.29, 1.82) is 0 Å². The molecule has 2 aliphatic rings. The molecule has 37 heavy (non-hydrogen) atoms. The van der Waals surface area contributed by atoms with Crippen LogP contribution in [0, 0.1) is 5.82 Å². The molecule has 1 saturated heterocycles. The number of benzene rings is 2. The monoisotopic (exact) mass is 566 g/mol. The third kappa shape index (κ3) is 5.55. The van der Waals surface area contributed by atoms with Gasteiger partial charge in [0.05, 0.1) is 21.8 Å². The minimum atomic E-state index is -3.65. The highest BCUT2D eigenvalue weighted by Gasteiger charge is 2.35. The van der Waals surface area contributed by atoms with Gasteiger partial charge in [-0.15, -0.1) is 17.5 Å². The SMILES string of the molecule is Cl.NC(=O)c1nncc(-c2c(F)cccc2Cl)c1Nc1ccc(S(=O)(=O)N2CCN(C3CC3)CC2)cc1. The van der Waals surface area contributed by atoms with Gasteiger partial charge in [0.25, 0.3) is 5.91 Å². The van der Waals surface area contributed by atoms with Gasteiger partial charge in [0.15, 0.2) is 5.69 Å². The Labute approximate surface area is 225 Å². The zero-order valence-electron chi connectivity index (χ0n) is 19.6. The maximum Gasteiger partial charge on any atom is 0.271 e. The number of primary amides is 1. The first-order valence-electron chi connectivity index (χ1n) is 11.5. The molecule has 1 amide bonds. The van der Waals surface area contributed by atoms with Crippen LogP contribution >= 0.6 is 24.0 Å². The predicted molar refractivity (Wildman–Crippen MR) is 141 cm³/mol. The molecule has 1 aromatic heterocycles. The van der Waals surface area contributed by atoms with E-state index in [0.717, 1.165) is 13.1 Å². The number of nitrogens with one attached hydrogen (secondary N) is 1. The van der Waals surface area contributed by atoms with E-state index in [2.05, 4.69) is 20.4 Å². The van der Waals surface area contributed by atoms with E-state index in [9.17, 15) is 17.6 Å². The molecule has 13 heteroatoms. The van der Waals surface area contributed by atoms with E-state index >= 15 is 0 Å². The quantitative estimate of drug-likeness (QED) is 0.447. The van der Waals surface area contributed by atoms with Crippen LogP contribution in [0.2, 0.25) is 5.02 Å². The van der Waals surface area contributed by atoms with Gasteiger partial charge in [0.2, 0.25) is 10.0 Å². The fourth-order valence-electron chi connectivity index (χ4n) is 4.38. The molecule has 1 aliphatic carbocycles. The highest BCUT2D eigenvalue weighted by molar-refractivity contribution is 7.89. The molecular weight excluding hydrogens is 542 g/mol. The predicted octanol–water partition coefficient (Wildman–Crippen LogP) is 3.67. The number of rotatable bonds is 7. The lowest BCUT2D eigenvalue weighted by Gasteiger charge is -2.34. The van der Waals surface area contributed by atoms with Crippen molar-refractivity contribution < 1.29 is 17.6 Å². The number of carbonyl (C=O) groups is 1. The zero-order valence-corrected chi connectivity index (χ0v) is 22.0. The molecule has 0 radical (unpaired) electrons. The molecule has 0 atom stereocenters. The van der Waals surface area contributed by atoms with Crippen molar-refractivity contribution in [3.8, 4) is 11.1 Å². The van der Waals surface area contributed by atoms with Crippen LogP contribution in [-0.2, 0) is 10.0 Å². The van der Waals surface area contributed by atoms with E-state index in [1.54, 1.807) is 12.1 Å². The van der Waals surface area contributed by atoms with Gasteiger partial charge in [-0.2, -0.15) is 9.40 Å². The van der Waals surface area contributed by atoms with E-state index in [1.807, 2.05) is 0 Å². The van der Waals surface area contributed by atoms with Gasteiger partial charge in [0, 0.05) is 49.0 Å². The molecule has 1 saturated carbocycles. The smallest absolute Gasteiger partial charge is 0.271 e. The summed E-state index contributed by atoms with van der Waals surface area (Å²) in [6, 6.07) is 10.9. The lowest BCUT2D eigenvalue weighted by molar-refractivity contribution is 0.0995. The first kappa shape index (κ1) is 27.2. The highest BCUT2D eigenvalue weighted by Crippen LogP contribution is 2.37. The molecule has 196 valence electrons. The lowest BCUT2D eigenvalue weighted by Crippen LogP contribution is -2.49. The minimum Gasteiger partial charge on any atom is -0.364 e. The van der Waals surface area contributed by atoms with Crippen molar-refractivity contribution in [1.82, 2.24) is 19.4 Å². The third-order valence-electron chi connectivity index (χ3n) is 6.41. The summed E-state index contributed by atoms with van der Waals surface area (Å²) in [5.74, 6) is -1.49. The van der Waals surface area contributed by atoms with Crippen LogP contribution in [0.1, 0.15) is 23.3 Å². The first-order valence-corrected chi connectivity index (χ1v) is 13.3. The fraction of sp³-hybridized carbons (Fsp3) is 0.292. The van der Waals surface area contributed by atoms with Gasteiger partial charge in [0.1, 0.15) is 5.82 Å². The Kier molecular flexibility index (Phi) is 8.00. The minimum absolute atomic E-state index is 0. The largest absolute Gasteiger partial charge is 0.364 e. The number of piperazine rings is 1. The highest BCUT2D eigenvalue weighted by atomic mass is 35.5. The summed E-state index contributed by atoms with van der Waals surface area (Å²) < 4.78 is 42.5. The molecule has 1 aliphatic heterocycles. The van der Waals surface area contributed by atoms with Gasteiger partial charge >= 0.3 is 0 Å². The summed E-state index contributed by atoms with van der Waals surface area (Å²) >= 11 is 6.24. The second-order valence-corrected chi connectivity index (χ2v) is 11.1. The summed E-state index contributed by atoms with van der Waals surface area (Å²) in [4.78, 5) is 14.6. The van der Waals surface area contributed by atoms with Crippen LogP contribution in [0.4, 0.5) is 15.8 Å². The maximum atomic E-state index is 14.7. The third-order valence-corrected chi connectivity index (χ3v) is 8.64. The number of carbonyl (C=O) groups excluding carboxylic acids is 1. The molecule has 0 spiro atoms. The Morgan fingerprint density at radius 2 is 1.76 bits per heavy atom. The van der Waals surface area contributed by atoms with Crippen molar-refractivity contribution in [3.05, 3.63) is 65.2 Å². The average molecular weight is 567 g/mol. The van der Waals surface area contributed by atoms with Crippen LogP contribution in [0.25, 0.3) is 11.1 Å². The standard InChI is InChI=1S/C24H24ClFN6O3S.ClH/c25-19-2-1-3-20(26)21(19)18-14-28-30-23(24(27)33)22(18)29-15-4-8-17(9-5-15)36(34,35)32-12-10-31(11-13-32)16-6-7-16;/h1-5,8-9,14,16H,6-7,10-13H2,(H2,27,33)(H,28,29);1H. The van der Waals surface area contributed by atoms with Crippen molar-refractivity contribution in [3.63, 3.8) is 0 Å². The van der Waals surface area contributed by atoms with Gasteiger partial charge in [-0.25, -0.2) is 12.8 Å². The van der Waals surface area contributed by atoms with E-state index in [1.165, 1.54) is 53.7 Å². The van der Waals surface area contributed by atoms with E-state index in [4.69, 9.17) is 17.3 Å². The summed E-state index contributed by atoms with van der Waals surface area (Å²) in [6.45, 7) is 2.37. The molecule has 3 N–H and O–H groups in total.